The highest BCUT2D eigenvalue weighted by molar-refractivity contribution is 6.30. The van der Waals surface area contributed by atoms with E-state index in [4.69, 9.17) is 11.6 Å². The van der Waals surface area contributed by atoms with Crippen LogP contribution in [0.3, 0.4) is 0 Å². The fraction of sp³-hybridized carbons (Fsp3) is 0.300. The average Bonchev–Trinajstić information content (AvgIpc) is 3.16. The fourth-order valence-electron chi connectivity index (χ4n) is 3.88. The quantitative estimate of drug-likeness (QED) is 0.721. The number of pyridine rings is 1. The van der Waals surface area contributed by atoms with Gasteiger partial charge in [0.1, 0.15) is 0 Å². The minimum Gasteiger partial charge on any atom is -0.329 e. The number of rotatable bonds is 2. The van der Waals surface area contributed by atoms with Crippen LogP contribution >= 0.6 is 11.6 Å². The van der Waals surface area contributed by atoms with E-state index in [0.29, 0.717) is 31.2 Å². The van der Waals surface area contributed by atoms with Crippen LogP contribution in [0.15, 0.2) is 36.5 Å². The lowest BCUT2D eigenvalue weighted by molar-refractivity contribution is 0.0706. The summed E-state index contributed by atoms with van der Waals surface area (Å²) >= 11 is 5.98. The SMILES string of the molecule is O=C(c1ccnc2c1CNCC2)N1CCn2c(nnc2-c2ccc(Cl)cc2)C1. The lowest BCUT2D eigenvalue weighted by atomic mass is 10.0. The Hall–Kier alpha value is -2.77. The summed E-state index contributed by atoms with van der Waals surface area (Å²) in [6.07, 6.45) is 2.59. The lowest BCUT2D eigenvalue weighted by Crippen LogP contribution is -2.39. The van der Waals surface area contributed by atoms with E-state index in [0.717, 1.165) is 47.0 Å². The van der Waals surface area contributed by atoms with Gasteiger partial charge in [0.15, 0.2) is 11.6 Å². The molecule has 5 rings (SSSR count). The molecule has 4 heterocycles. The minimum atomic E-state index is 0.0321. The zero-order valence-corrected chi connectivity index (χ0v) is 16.0. The number of nitrogens with one attached hydrogen (secondary N) is 1. The molecule has 0 saturated carbocycles. The van der Waals surface area contributed by atoms with Crippen LogP contribution in [0.1, 0.15) is 27.4 Å². The molecule has 0 bridgehead atoms. The van der Waals surface area contributed by atoms with Gasteiger partial charge in [0.25, 0.3) is 5.91 Å². The van der Waals surface area contributed by atoms with Gasteiger partial charge in [-0.2, -0.15) is 0 Å². The molecule has 0 spiro atoms. The second-order valence-corrected chi connectivity index (χ2v) is 7.47. The van der Waals surface area contributed by atoms with Gasteiger partial charge in [-0.3, -0.25) is 9.78 Å². The predicted molar refractivity (Wildman–Crippen MR) is 105 cm³/mol. The molecule has 28 heavy (non-hydrogen) atoms. The third kappa shape index (κ3) is 2.96. The molecule has 1 aromatic carbocycles. The Morgan fingerprint density at radius 1 is 1.11 bits per heavy atom. The lowest BCUT2D eigenvalue weighted by Gasteiger charge is -2.29. The van der Waals surface area contributed by atoms with Crippen molar-refractivity contribution in [3.05, 3.63) is 64.2 Å². The topological polar surface area (TPSA) is 75.9 Å². The maximum Gasteiger partial charge on any atom is 0.254 e. The van der Waals surface area contributed by atoms with Crippen LogP contribution in [0, 0.1) is 0 Å². The number of benzene rings is 1. The van der Waals surface area contributed by atoms with Crippen LogP contribution < -0.4 is 5.32 Å². The highest BCUT2D eigenvalue weighted by Gasteiger charge is 2.28. The number of aromatic nitrogens is 4. The van der Waals surface area contributed by atoms with Gasteiger partial charge in [-0.15, -0.1) is 10.2 Å². The van der Waals surface area contributed by atoms with Gasteiger partial charge in [-0.25, -0.2) is 0 Å². The summed E-state index contributed by atoms with van der Waals surface area (Å²) in [5, 5.41) is 12.7. The number of hydrogen-bond donors (Lipinski definition) is 1. The second kappa shape index (κ2) is 7.00. The molecule has 0 aliphatic carbocycles. The molecule has 0 fully saturated rings. The average molecular weight is 395 g/mol. The summed E-state index contributed by atoms with van der Waals surface area (Å²) in [5.74, 6) is 1.64. The Bertz CT molecular complexity index is 1050. The van der Waals surface area contributed by atoms with Crippen molar-refractivity contribution in [3.63, 3.8) is 0 Å². The van der Waals surface area contributed by atoms with Crippen LogP contribution in [-0.4, -0.2) is 43.6 Å². The first kappa shape index (κ1) is 17.3. The van der Waals surface area contributed by atoms with Gasteiger partial charge >= 0.3 is 0 Å². The standard InChI is InChI=1S/C20H19ClN6O/c21-14-3-1-13(2-4-14)19-25-24-18-12-26(9-10-27(18)19)20(28)15-5-8-23-17-6-7-22-11-16(15)17/h1-5,8,22H,6-7,9-12H2. The highest BCUT2D eigenvalue weighted by Crippen LogP contribution is 2.25. The van der Waals surface area contributed by atoms with Gasteiger partial charge in [0, 0.05) is 66.2 Å². The summed E-state index contributed by atoms with van der Waals surface area (Å²) in [4.78, 5) is 19.5. The Labute approximate surface area is 167 Å². The third-order valence-corrected chi connectivity index (χ3v) is 5.61. The van der Waals surface area contributed by atoms with Crippen molar-refractivity contribution in [1.82, 2.24) is 30.0 Å². The highest BCUT2D eigenvalue weighted by atomic mass is 35.5. The molecule has 2 aliphatic heterocycles. The van der Waals surface area contributed by atoms with Crippen LogP contribution in [0.2, 0.25) is 5.02 Å². The van der Waals surface area contributed by atoms with Crippen molar-refractivity contribution in [3.8, 4) is 11.4 Å². The van der Waals surface area contributed by atoms with Crippen molar-refractivity contribution >= 4 is 17.5 Å². The Balaban J connectivity index is 1.41. The molecule has 142 valence electrons. The van der Waals surface area contributed by atoms with Crippen LogP contribution in [0.5, 0.6) is 0 Å². The van der Waals surface area contributed by atoms with E-state index in [1.54, 1.807) is 6.20 Å². The number of fused-ring (bicyclic) bond motifs is 2. The molecule has 1 amide bonds. The Morgan fingerprint density at radius 2 is 1.96 bits per heavy atom. The number of halogens is 1. The molecular formula is C20H19ClN6O. The molecule has 2 aliphatic rings. The number of nitrogens with zero attached hydrogens (tertiary/aromatic N) is 5. The van der Waals surface area contributed by atoms with Gasteiger partial charge in [0.05, 0.1) is 6.54 Å². The summed E-state index contributed by atoms with van der Waals surface area (Å²) < 4.78 is 2.08. The molecule has 0 atom stereocenters. The van der Waals surface area contributed by atoms with Gasteiger partial charge in [-0.1, -0.05) is 11.6 Å². The largest absolute Gasteiger partial charge is 0.329 e. The first-order valence-electron chi connectivity index (χ1n) is 9.35. The van der Waals surface area contributed by atoms with Crippen LogP contribution in [-0.2, 0) is 26.1 Å². The first-order valence-corrected chi connectivity index (χ1v) is 9.73. The maximum atomic E-state index is 13.2. The third-order valence-electron chi connectivity index (χ3n) is 5.36. The molecule has 0 unspecified atom stereocenters. The van der Waals surface area contributed by atoms with E-state index in [1.807, 2.05) is 35.2 Å². The smallest absolute Gasteiger partial charge is 0.254 e. The minimum absolute atomic E-state index is 0.0321. The number of carbonyl (C=O) groups excluding carboxylic acids is 1. The van der Waals surface area contributed by atoms with Gasteiger partial charge in [0.2, 0.25) is 0 Å². The number of hydrogen-bond acceptors (Lipinski definition) is 5. The Morgan fingerprint density at radius 3 is 2.82 bits per heavy atom. The van der Waals surface area contributed by atoms with E-state index in [9.17, 15) is 4.79 Å². The van der Waals surface area contributed by atoms with E-state index in [1.165, 1.54) is 0 Å². The van der Waals surface area contributed by atoms with Crippen molar-refractivity contribution in [2.45, 2.75) is 26.1 Å². The van der Waals surface area contributed by atoms with Crippen molar-refractivity contribution in [1.29, 1.82) is 0 Å². The summed E-state index contributed by atoms with van der Waals surface area (Å²) in [6.45, 7) is 3.32. The van der Waals surface area contributed by atoms with Crippen molar-refractivity contribution < 1.29 is 4.79 Å². The second-order valence-electron chi connectivity index (χ2n) is 7.04. The zero-order valence-electron chi connectivity index (χ0n) is 15.2. The fourth-order valence-corrected chi connectivity index (χ4v) is 4.01. The maximum absolute atomic E-state index is 13.2. The predicted octanol–water partition coefficient (Wildman–Crippen LogP) is 2.30. The van der Waals surface area contributed by atoms with E-state index >= 15 is 0 Å². The van der Waals surface area contributed by atoms with Crippen LogP contribution in [0.4, 0.5) is 0 Å². The zero-order chi connectivity index (χ0) is 19.1. The number of carbonyl (C=O) groups is 1. The van der Waals surface area contributed by atoms with Gasteiger partial charge < -0.3 is 14.8 Å². The molecule has 7 nitrogen and oxygen atoms in total. The Kier molecular flexibility index (Phi) is 4.33. The summed E-state index contributed by atoms with van der Waals surface area (Å²) in [5.41, 5.74) is 3.75. The molecule has 8 heteroatoms. The summed E-state index contributed by atoms with van der Waals surface area (Å²) in [6, 6.07) is 9.39. The first-order chi connectivity index (χ1) is 13.7. The normalized spacial score (nSPS) is 15.8. The van der Waals surface area contributed by atoms with E-state index in [-0.39, 0.29) is 5.91 Å². The van der Waals surface area contributed by atoms with E-state index in [2.05, 4.69) is 25.1 Å². The number of amides is 1. The van der Waals surface area contributed by atoms with Crippen molar-refractivity contribution in [2.75, 3.05) is 13.1 Å². The van der Waals surface area contributed by atoms with Crippen LogP contribution in [0.25, 0.3) is 11.4 Å². The van der Waals surface area contributed by atoms with Gasteiger partial charge in [-0.05, 0) is 30.3 Å². The molecule has 3 aromatic rings. The molecule has 0 radical (unpaired) electrons. The molecular weight excluding hydrogens is 376 g/mol. The monoisotopic (exact) mass is 394 g/mol. The molecule has 1 N–H and O–H groups in total. The summed E-state index contributed by atoms with van der Waals surface area (Å²) in [7, 11) is 0. The van der Waals surface area contributed by atoms with E-state index < -0.39 is 0 Å². The van der Waals surface area contributed by atoms with Crippen molar-refractivity contribution in [2.24, 2.45) is 0 Å². The molecule has 0 saturated heterocycles. The molecule has 2 aromatic heterocycles.